The summed E-state index contributed by atoms with van der Waals surface area (Å²) in [7, 11) is 0. The molecule has 0 heterocycles. The molecule has 0 amide bonds. The predicted molar refractivity (Wildman–Crippen MR) is 39.7 cm³/mol. The third-order valence-electron chi connectivity index (χ3n) is 1.50. The third kappa shape index (κ3) is 5.15. The van der Waals surface area contributed by atoms with Gasteiger partial charge in [0.15, 0.2) is 6.29 Å². The van der Waals surface area contributed by atoms with Gasteiger partial charge >= 0.3 is 0 Å². The summed E-state index contributed by atoms with van der Waals surface area (Å²) in [5, 5.41) is 25.8. The zero-order valence-corrected chi connectivity index (χ0v) is 6.73. The lowest BCUT2D eigenvalue weighted by Gasteiger charge is -2.16. The summed E-state index contributed by atoms with van der Waals surface area (Å²) in [5.41, 5.74) is 0. The van der Waals surface area contributed by atoms with E-state index in [4.69, 9.17) is 15.3 Å². The molecule has 3 N–H and O–H groups in total. The van der Waals surface area contributed by atoms with Crippen molar-refractivity contribution in [1.82, 2.24) is 0 Å². The lowest BCUT2D eigenvalue weighted by molar-refractivity contribution is -0.120. The first-order valence-electron chi connectivity index (χ1n) is 3.77. The van der Waals surface area contributed by atoms with Gasteiger partial charge in [-0.2, -0.15) is 0 Å². The van der Waals surface area contributed by atoms with Crippen LogP contribution in [0.3, 0.4) is 0 Å². The van der Waals surface area contributed by atoms with Crippen LogP contribution < -0.4 is 0 Å². The maximum absolute atomic E-state index is 8.76. The topological polar surface area (TPSA) is 69.9 Å². The molecule has 0 saturated carbocycles. The number of rotatable bonds is 6. The van der Waals surface area contributed by atoms with Gasteiger partial charge in [-0.05, 0) is 6.42 Å². The van der Waals surface area contributed by atoms with Crippen molar-refractivity contribution in [3.05, 3.63) is 0 Å². The van der Waals surface area contributed by atoms with Crippen molar-refractivity contribution in [1.29, 1.82) is 0 Å². The molecule has 0 fully saturated rings. The molecule has 11 heavy (non-hydrogen) atoms. The highest BCUT2D eigenvalue weighted by Gasteiger charge is 2.15. The number of aliphatic hydroxyl groups is 3. The minimum absolute atomic E-state index is 0.196. The Kier molecular flexibility index (Phi) is 6.45. The van der Waals surface area contributed by atoms with Crippen LogP contribution in [0.15, 0.2) is 0 Å². The van der Waals surface area contributed by atoms with Gasteiger partial charge in [0.1, 0.15) is 6.79 Å². The summed E-state index contributed by atoms with van der Waals surface area (Å²) in [6, 6.07) is 0. The van der Waals surface area contributed by atoms with Gasteiger partial charge in [-0.1, -0.05) is 13.3 Å². The number of aliphatic hydroxyl groups excluding tert-OH is 2. The van der Waals surface area contributed by atoms with Gasteiger partial charge in [0.25, 0.3) is 0 Å². The fourth-order valence-electron chi connectivity index (χ4n) is 0.893. The molecule has 0 aliphatic carbocycles. The Morgan fingerprint density at radius 3 is 2.36 bits per heavy atom. The highest BCUT2D eigenvalue weighted by molar-refractivity contribution is 4.58. The highest BCUT2D eigenvalue weighted by Crippen LogP contribution is 2.09. The van der Waals surface area contributed by atoms with Crippen molar-refractivity contribution < 1.29 is 20.1 Å². The summed E-state index contributed by atoms with van der Waals surface area (Å²) in [6.07, 6.45) is 0.218. The van der Waals surface area contributed by atoms with Gasteiger partial charge in [0, 0.05) is 5.92 Å². The Morgan fingerprint density at radius 1 is 1.36 bits per heavy atom. The quantitative estimate of drug-likeness (QED) is 0.470. The van der Waals surface area contributed by atoms with Crippen molar-refractivity contribution in [2.75, 3.05) is 13.4 Å². The molecule has 4 heteroatoms. The van der Waals surface area contributed by atoms with Crippen LogP contribution in [0.1, 0.15) is 19.8 Å². The lowest BCUT2D eigenvalue weighted by atomic mass is 10.0. The second-order valence-corrected chi connectivity index (χ2v) is 2.46. The molecule has 4 nitrogen and oxygen atoms in total. The van der Waals surface area contributed by atoms with E-state index in [2.05, 4.69) is 4.74 Å². The summed E-state index contributed by atoms with van der Waals surface area (Å²) in [5.74, 6) is -0.285. The molecule has 0 bridgehead atoms. The van der Waals surface area contributed by atoms with Crippen LogP contribution in [0.25, 0.3) is 0 Å². The first-order valence-corrected chi connectivity index (χ1v) is 3.77. The monoisotopic (exact) mass is 164 g/mol. The summed E-state index contributed by atoms with van der Waals surface area (Å²) in [4.78, 5) is 0. The molecule has 0 aromatic heterocycles. The summed E-state index contributed by atoms with van der Waals surface area (Å²) >= 11 is 0. The third-order valence-corrected chi connectivity index (χ3v) is 1.50. The smallest absolute Gasteiger partial charge is 0.156 e. The Bertz CT molecular complexity index is 84.5. The second kappa shape index (κ2) is 6.54. The molecule has 1 unspecified atom stereocenters. The molecule has 0 radical (unpaired) electrons. The van der Waals surface area contributed by atoms with Crippen LogP contribution >= 0.6 is 0 Å². The standard InChI is InChI=1S/C7H16O4/c1-2-3-6(7(9)10)4-11-5-8/h6-10H,2-5H2,1H3. The van der Waals surface area contributed by atoms with Crippen molar-refractivity contribution >= 4 is 0 Å². The number of ether oxygens (including phenoxy) is 1. The maximum Gasteiger partial charge on any atom is 0.156 e. The van der Waals surface area contributed by atoms with Crippen LogP contribution in [-0.4, -0.2) is 35.0 Å². The average Bonchev–Trinajstić information content (AvgIpc) is 1.97. The molecule has 0 saturated heterocycles. The minimum Gasteiger partial charge on any atom is -0.371 e. The van der Waals surface area contributed by atoms with Crippen molar-refractivity contribution in [2.24, 2.45) is 5.92 Å². The van der Waals surface area contributed by atoms with E-state index >= 15 is 0 Å². The fraction of sp³-hybridized carbons (Fsp3) is 1.00. The zero-order valence-electron chi connectivity index (χ0n) is 6.73. The Morgan fingerprint density at radius 2 is 2.00 bits per heavy atom. The molecule has 0 rings (SSSR count). The van der Waals surface area contributed by atoms with E-state index in [0.717, 1.165) is 6.42 Å². The molecular formula is C7H16O4. The highest BCUT2D eigenvalue weighted by atomic mass is 16.6. The summed E-state index contributed by atoms with van der Waals surface area (Å²) < 4.78 is 4.65. The van der Waals surface area contributed by atoms with Gasteiger partial charge in [-0.25, -0.2) is 0 Å². The Balaban J connectivity index is 3.51. The molecule has 68 valence electrons. The minimum atomic E-state index is -1.35. The van der Waals surface area contributed by atoms with Crippen molar-refractivity contribution in [3.63, 3.8) is 0 Å². The number of hydrogen-bond donors (Lipinski definition) is 3. The molecule has 0 aliphatic rings. The lowest BCUT2D eigenvalue weighted by Crippen LogP contribution is -2.24. The van der Waals surface area contributed by atoms with Gasteiger partial charge < -0.3 is 20.1 Å². The predicted octanol–water partition coefficient (Wildman–Crippen LogP) is -0.320. The van der Waals surface area contributed by atoms with E-state index in [9.17, 15) is 0 Å². The first-order chi connectivity index (χ1) is 5.22. The molecule has 0 spiro atoms. The first kappa shape index (κ1) is 10.8. The van der Waals surface area contributed by atoms with E-state index in [1.807, 2.05) is 6.92 Å². The van der Waals surface area contributed by atoms with Crippen LogP contribution in [0, 0.1) is 5.92 Å². The molecule has 0 aromatic rings. The SMILES string of the molecule is CCCC(COCO)C(O)O. The van der Waals surface area contributed by atoms with Gasteiger partial charge in [0.05, 0.1) is 6.61 Å². The van der Waals surface area contributed by atoms with Crippen LogP contribution in [0.4, 0.5) is 0 Å². The van der Waals surface area contributed by atoms with E-state index in [-0.39, 0.29) is 19.3 Å². The van der Waals surface area contributed by atoms with E-state index in [1.165, 1.54) is 0 Å². The normalized spacial score (nSPS) is 13.9. The van der Waals surface area contributed by atoms with Crippen molar-refractivity contribution in [2.45, 2.75) is 26.1 Å². The van der Waals surface area contributed by atoms with E-state index in [0.29, 0.717) is 6.42 Å². The van der Waals surface area contributed by atoms with Crippen LogP contribution in [0.5, 0.6) is 0 Å². The molecule has 0 aliphatic heterocycles. The van der Waals surface area contributed by atoms with Gasteiger partial charge in [0.2, 0.25) is 0 Å². The Labute approximate surface area is 66.4 Å². The fourth-order valence-corrected chi connectivity index (χ4v) is 0.893. The van der Waals surface area contributed by atoms with Gasteiger partial charge in [-0.15, -0.1) is 0 Å². The largest absolute Gasteiger partial charge is 0.371 e. The van der Waals surface area contributed by atoms with Crippen LogP contribution in [-0.2, 0) is 4.74 Å². The molecule has 0 aromatic carbocycles. The zero-order chi connectivity index (χ0) is 8.69. The van der Waals surface area contributed by atoms with E-state index < -0.39 is 6.29 Å². The average molecular weight is 164 g/mol. The Hall–Kier alpha value is -0.160. The van der Waals surface area contributed by atoms with Crippen LogP contribution in [0.2, 0.25) is 0 Å². The maximum atomic E-state index is 8.76. The molecular weight excluding hydrogens is 148 g/mol. The second-order valence-electron chi connectivity index (χ2n) is 2.46. The van der Waals surface area contributed by atoms with Gasteiger partial charge in [-0.3, -0.25) is 0 Å². The van der Waals surface area contributed by atoms with E-state index in [1.54, 1.807) is 0 Å². The summed E-state index contributed by atoms with van der Waals surface area (Å²) in [6.45, 7) is 1.78. The number of hydrogen-bond acceptors (Lipinski definition) is 4. The molecule has 1 atom stereocenters. The van der Waals surface area contributed by atoms with Crippen molar-refractivity contribution in [3.8, 4) is 0 Å².